The van der Waals surface area contributed by atoms with E-state index in [0.29, 0.717) is 10.8 Å². The third kappa shape index (κ3) is 2.30. The van der Waals surface area contributed by atoms with Crippen LogP contribution in [0.4, 0.5) is 0 Å². The molecular formula is C20H32. The summed E-state index contributed by atoms with van der Waals surface area (Å²) in [7, 11) is 0. The fourth-order valence-electron chi connectivity index (χ4n) is 4.93. The third-order valence-corrected chi connectivity index (χ3v) is 7.00. The fraction of sp³-hybridized carbons (Fsp3) is 0.800. The first-order chi connectivity index (χ1) is 9.24. The van der Waals surface area contributed by atoms with Crippen LogP contribution in [-0.2, 0) is 0 Å². The highest BCUT2D eigenvalue weighted by Crippen LogP contribution is 2.64. The molecule has 0 radical (unpaired) electrons. The van der Waals surface area contributed by atoms with Gasteiger partial charge < -0.3 is 0 Å². The molecule has 0 heterocycles. The molecule has 0 heteroatoms. The SMILES string of the molecule is CC1=CC2C(CC1)C2(C)C.CC1=CCC2C(C1)C2(C)C. The van der Waals surface area contributed by atoms with Gasteiger partial charge in [0.2, 0.25) is 0 Å². The van der Waals surface area contributed by atoms with Crippen LogP contribution < -0.4 is 0 Å². The van der Waals surface area contributed by atoms with Gasteiger partial charge in [-0.3, -0.25) is 0 Å². The Bertz CT molecular complexity index is 460. The van der Waals surface area contributed by atoms with Gasteiger partial charge in [-0.1, -0.05) is 51.0 Å². The predicted molar refractivity (Wildman–Crippen MR) is 87.5 cm³/mol. The molecule has 2 fully saturated rings. The van der Waals surface area contributed by atoms with E-state index in [1.807, 2.05) is 0 Å². The molecule has 4 unspecified atom stereocenters. The van der Waals surface area contributed by atoms with E-state index in [0.717, 1.165) is 23.7 Å². The summed E-state index contributed by atoms with van der Waals surface area (Å²) in [6.07, 6.45) is 10.4. The van der Waals surface area contributed by atoms with Gasteiger partial charge in [0.1, 0.15) is 0 Å². The summed E-state index contributed by atoms with van der Waals surface area (Å²) in [5, 5.41) is 0. The monoisotopic (exact) mass is 272 g/mol. The smallest absolute Gasteiger partial charge is 0.0143 e. The highest BCUT2D eigenvalue weighted by atomic mass is 14.6. The summed E-state index contributed by atoms with van der Waals surface area (Å²) in [6.45, 7) is 14.2. The Morgan fingerprint density at radius 3 is 2.10 bits per heavy atom. The maximum atomic E-state index is 2.49. The number of hydrogen-bond donors (Lipinski definition) is 0. The molecule has 0 aromatic rings. The zero-order valence-corrected chi connectivity index (χ0v) is 14.3. The second-order valence-corrected chi connectivity index (χ2v) is 9.03. The van der Waals surface area contributed by atoms with E-state index >= 15 is 0 Å². The van der Waals surface area contributed by atoms with Crippen molar-refractivity contribution in [2.24, 2.45) is 34.5 Å². The quantitative estimate of drug-likeness (QED) is 0.475. The molecule has 4 aliphatic rings. The minimum atomic E-state index is 0.651. The van der Waals surface area contributed by atoms with Crippen LogP contribution in [-0.4, -0.2) is 0 Å². The minimum Gasteiger partial charge on any atom is -0.0853 e. The van der Waals surface area contributed by atoms with E-state index < -0.39 is 0 Å². The van der Waals surface area contributed by atoms with E-state index in [4.69, 9.17) is 0 Å². The molecule has 0 spiro atoms. The molecule has 112 valence electrons. The second kappa shape index (κ2) is 4.49. The fourth-order valence-corrected chi connectivity index (χ4v) is 4.93. The number of fused-ring (bicyclic) bond motifs is 2. The van der Waals surface area contributed by atoms with Gasteiger partial charge in [0.05, 0.1) is 0 Å². The van der Waals surface area contributed by atoms with Crippen LogP contribution in [0, 0.1) is 34.5 Å². The van der Waals surface area contributed by atoms with Crippen LogP contribution >= 0.6 is 0 Å². The van der Waals surface area contributed by atoms with Crippen LogP contribution in [0.2, 0.25) is 0 Å². The van der Waals surface area contributed by atoms with Crippen molar-refractivity contribution in [1.82, 2.24) is 0 Å². The predicted octanol–water partition coefficient (Wildman–Crippen LogP) is 6.00. The Morgan fingerprint density at radius 1 is 0.900 bits per heavy atom. The number of rotatable bonds is 0. The average Bonchev–Trinajstić information content (AvgIpc) is 3.12. The van der Waals surface area contributed by atoms with E-state index in [9.17, 15) is 0 Å². The molecule has 0 bridgehead atoms. The summed E-state index contributed by atoms with van der Waals surface area (Å²) in [5.74, 6) is 4.01. The van der Waals surface area contributed by atoms with Crippen molar-refractivity contribution in [2.45, 2.75) is 67.2 Å². The Kier molecular flexibility index (Phi) is 3.23. The molecule has 0 saturated heterocycles. The Balaban J connectivity index is 0.000000121. The molecule has 0 nitrogen and oxygen atoms in total. The van der Waals surface area contributed by atoms with Crippen LogP contribution in [0.15, 0.2) is 23.3 Å². The molecule has 20 heavy (non-hydrogen) atoms. The maximum Gasteiger partial charge on any atom is -0.0143 e. The minimum absolute atomic E-state index is 0.651. The maximum absolute atomic E-state index is 2.49. The van der Waals surface area contributed by atoms with E-state index in [1.165, 1.54) is 25.7 Å². The Morgan fingerprint density at radius 2 is 1.60 bits per heavy atom. The van der Waals surface area contributed by atoms with Crippen LogP contribution in [0.5, 0.6) is 0 Å². The normalized spacial score (nSPS) is 42.1. The molecular weight excluding hydrogens is 240 g/mol. The van der Waals surface area contributed by atoms with Gasteiger partial charge in [0, 0.05) is 0 Å². The van der Waals surface area contributed by atoms with Gasteiger partial charge in [-0.2, -0.15) is 0 Å². The zero-order valence-electron chi connectivity index (χ0n) is 14.3. The summed E-state index contributed by atoms with van der Waals surface area (Å²) < 4.78 is 0. The summed E-state index contributed by atoms with van der Waals surface area (Å²) in [5.41, 5.74) is 4.56. The molecule has 0 aliphatic heterocycles. The van der Waals surface area contributed by atoms with Crippen molar-refractivity contribution < 1.29 is 0 Å². The average molecular weight is 272 g/mol. The largest absolute Gasteiger partial charge is 0.0853 e. The van der Waals surface area contributed by atoms with Gasteiger partial charge in [0.25, 0.3) is 0 Å². The first kappa shape index (κ1) is 14.4. The first-order valence-corrected chi connectivity index (χ1v) is 8.57. The lowest BCUT2D eigenvalue weighted by molar-refractivity contribution is 0.533. The summed E-state index contributed by atoms with van der Waals surface area (Å²) in [4.78, 5) is 0. The molecule has 0 aromatic heterocycles. The third-order valence-electron chi connectivity index (χ3n) is 7.00. The van der Waals surface area contributed by atoms with Crippen molar-refractivity contribution in [3.8, 4) is 0 Å². The number of allylic oxidation sites excluding steroid dienone is 4. The molecule has 0 aromatic carbocycles. The molecule has 0 amide bonds. The standard InChI is InChI=1S/2C10H16/c2*1-7-4-5-8-9(6-7)10(8,2)3/h6,8-9H,4-5H2,1-3H3;4,8-9H,5-6H2,1-3H3. The van der Waals surface area contributed by atoms with Gasteiger partial charge in [-0.25, -0.2) is 0 Å². The summed E-state index contributed by atoms with van der Waals surface area (Å²) in [6, 6.07) is 0. The van der Waals surface area contributed by atoms with E-state index in [-0.39, 0.29) is 0 Å². The van der Waals surface area contributed by atoms with Gasteiger partial charge in [-0.05, 0) is 74.0 Å². The molecule has 4 rings (SSSR count). The van der Waals surface area contributed by atoms with Gasteiger partial charge in [0.15, 0.2) is 0 Å². The van der Waals surface area contributed by atoms with Crippen molar-refractivity contribution in [1.29, 1.82) is 0 Å². The Hall–Kier alpha value is -0.520. The Labute approximate surface area is 125 Å². The van der Waals surface area contributed by atoms with Crippen molar-refractivity contribution in [3.05, 3.63) is 23.3 Å². The molecule has 4 atom stereocenters. The van der Waals surface area contributed by atoms with Gasteiger partial charge >= 0.3 is 0 Å². The van der Waals surface area contributed by atoms with Crippen LogP contribution in [0.3, 0.4) is 0 Å². The lowest BCUT2D eigenvalue weighted by Crippen LogP contribution is -1.90. The summed E-state index contributed by atoms with van der Waals surface area (Å²) >= 11 is 0. The van der Waals surface area contributed by atoms with Crippen LogP contribution in [0.25, 0.3) is 0 Å². The van der Waals surface area contributed by atoms with Crippen LogP contribution in [0.1, 0.15) is 67.2 Å². The first-order valence-electron chi connectivity index (χ1n) is 8.57. The molecule has 4 aliphatic carbocycles. The van der Waals surface area contributed by atoms with E-state index in [1.54, 1.807) is 11.1 Å². The topological polar surface area (TPSA) is 0 Å². The van der Waals surface area contributed by atoms with E-state index in [2.05, 4.69) is 53.7 Å². The van der Waals surface area contributed by atoms with Gasteiger partial charge in [-0.15, -0.1) is 0 Å². The zero-order chi connectivity index (χ0) is 14.7. The number of hydrogen-bond acceptors (Lipinski definition) is 0. The lowest BCUT2D eigenvalue weighted by atomic mass is 10.0. The molecule has 2 saturated carbocycles. The van der Waals surface area contributed by atoms with Crippen molar-refractivity contribution in [2.75, 3.05) is 0 Å². The highest BCUT2D eigenvalue weighted by Gasteiger charge is 2.57. The van der Waals surface area contributed by atoms with Crippen molar-refractivity contribution in [3.63, 3.8) is 0 Å². The highest BCUT2D eigenvalue weighted by molar-refractivity contribution is 5.22. The second-order valence-electron chi connectivity index (χ2n) is 9.03. The lowest BCUT2D eigenvalue weighted by Gasteiger charge is -2.05. The van der Waals surface area contributed by atoms with Crippen molar-refractivity contribution >= 4 is 0 Å². The molecule has 0 N–H and O–H groups in total.